The highest BCUT2D eigenvalue weighted by Crippen LogP contribution is 2.36. The normalized spacial score (nSPS) is 10.4. The molecule has 0 unspecified atom stereocenters. The molecule has 2 aromatic rings. The highest BCUT2D eigenvalue weighted by atomic mass is 127. The van der Waals surface area contributed by atoms with Crippen molar-refractivity contribution in [2.24, 2.45) is 0 Å². The van der Waals surface area contributed by atoms with Crippen LogP contribution in [0.4, 0.5) is 10.1 Å². The van der Waals surface area contributed by atoms with E-state index >= 15 is 0 Å². The lowest BCUT2D eigenvalue weighted by molar-refractivity contribution is -0.387. The van der Waals surface area contributed by atoms with E-state index in [2.05, 4.69) is 4.98 Å². The van der Waals surface area contributed by atoms with Gasteiger partial charge in [-0.15, -0.1) is 0 Å². The summed E-state index contributed by atoms with van der Waals surface area (Å²) in [7, 11) is 0. The number of carbonyl (C=O) groups is 1. The molecule has 2 rings (SSSR count). The molecule has 1 aromatic heterocycles. The number of aromatic nitrogens is 1. The number of rotatable bonds is 4. The van der Waals surface area contributed by atoms with Crippen molar-refractivity contribution in [1.82, 2.24) is 4.98 Å². The zero-order valence-corrected chi connectivity index (χ0v) is 13.1. The molecule has 0 saturated heterocycles. The Kier molecular flexibility index (Phi) is 4.73. The minimum Gasteiger partial charge on any atom is -0.477 e. The molecule has 0 spiro atoms. The summed E-state index contributed by atoms with van der Waals surface area (Å²) in [4.78, 5) is 25.4. The Hall–Kier alpha value is -1.75. The molecular weight excluding hydrogens is 414 g/mol. The maximum atomic E-state index is 13.6. The first kappa shape index (κ1) is 15.6. The first-order valence-corrected chi connectivity index (χ1v) is 7.28. The lowest BCUT2D eigenvalue weighted by atomic mass is 10.3. The number of nitrogens with zero attached hydrogens (tertiary/aromatic N) is 2. The summed E-state index contributed by atoms with van der Waals surface area (Å²) in [6.07, 6.45) is 1.28. The van der Waals surface area contributed by atoms with E-state index in [0.29, 0.717) is 4.90 Å². The second-order valence-corrected chi connectivity index (χ2v) is 6.05. The lowest BCUT2D eigenvalue weighted by Crippen LogP contribution is -1.99. The summed E-state index contributed by atoms with van der Waals surface area (Å²) in [6.45, 7) is 0. The van der Waals surface area contributed by atoms with Crippen LogP contribution in [-0.2, 0) is 0 Å². The summed E-state index contributed by atoms with van der Waals surface area (Å²) < 4.78 is 13.7. The van der Waals surface area contributed by atoms with E-state index in [9.17, 15) is 19.3 Å². The second-order valence-electron chi connectivity index (χ2n) is 3.78. The predicted octanol–water partition coefficient (Wildman–Crippen LogP) is 3.58. The molecule has 0 radical (unpaired) electrons. The molecule has 0 amide bonds. The summed E-state index contributed by atoms with van der Waals surface area (Å²) in [5.41, 5.74) is -0.423. The smallest absolute Gasteiger partial charge is 0.354 e. The third-order valence-electron chi connectivity index (χ3n) is 2.38. The molecule has 1 heterocycles. The first-order chi connectivity index (χ1) is 9.88. The van der Waals surface area contributed by atoms with Gasteiger partial charge in [0.1, 0.15) is 11.5 Å². The van der Waals surface area contributed by atoms with Gasteiger partial charge in [0, 0.05) is 17.2 Å². The molecule has 0 bridgehead atoms. The summed E-state index contributed by atoms with van der Waals surface area (Å²) in [5, 5.41) is 19.9. The minimum absolute atomic E-state index is 0.0976. The summed E-state index contributed by atoms with van der Waals surface area (Å²) in [6, 6.07) is 4.96. The fraction of sp³-hybridized carbons (Fsp3) is 0. The van der Waals surface area contributed by atoms with Gasteiger partial charge in [0.2, 0.25) is 0 Å². The SMILES string of the molecule is O=C(O)c1cc(Sc2cc(F)c(I)cc2[N+](=O)[O-])ccn1. The molecule has 108 valence electrons. The van der Waals surface area contributed by atoms with Crippen molar-refractivity contribution in [1.29, 1.82) is 0 Å². The fourth-order valence-corrected chi connectivity index (χ4v) is 2.87. The fourth-order valence-electron chi connectivity index (χ4n) is 1.46. The van der Waals surface area contributed by atoms with Crippen LogP contribution in [0.5, 0.6) is 0 Å². The van der Waals surface area contributed by atoms with Crippen LogP contribution in [-0.4, -0.2) is 21.0 Å². The molecule has 1 aromatic carbocycles. The van der Waals surface area contributed by atoms with Gasteiger partial charge >= 0.3 is 5.97 Å². The van der Waals surface area contributed by atoms with Gasteiger partial charge in [0.15, 0.2) is 0 Å². The quantitative estimate of drug-likeness (QED) is 0.462. The van der Waals surface area contributed by atoms with Gasteiger partial charge in [-0.05, 0) is 40.8 Å². The molecule has 0 fully saturated rings. The van der Waals surface area contributed by atoms with Gasteiger partial charge in [-0.1, -0.05) is 11.8 Å². The molecule has 1 N–H and O–H groups in total. The van der Waals surface area contributed by atoms with E-state index in [1.807, 2.05) is 0 Å². The third-order valence-corrected chi connectivity index (χ3v) is 4.24. The topological polar surface area (TPSA) is 93.3 Å². The predicted molar refractivity (Wildman–Crippen MR) is 81.1 cm³/mol. The number of benzene rings is 1. The number of hydrogen-bond acceptors (Lipinski definition) is 5. The maximum Gasteiger partial charge on any atom is 0.354 e. The number of pyridine rings is 1. The molecule has 21 heavy (non-hydrogen) atoms. The number of nitro benzene ring substituents is 1. The zero-order chi connectivity index (χ0) is 15.6. The largest absolute Gasteiger partial charge is 0.477 e. The molecule has 0 aliphatic carbocycles. The standard InChI is InChI=1S/C12H6FIN2O4S/c13-7-4-11(10(16(19)20)5-8(7)14)21-6-1-2-15-9(3-6)12(17)18/h1-5H,(H,17,18). The zero-order valence-electron chi connectivity index (χ0n) is 10.1. The Bertz CT molecular complexity index is 741. The van der Waals surface area contributed by atoms with Crippen molar-refractivity contribution in [3.8, 4) is 0 Å². The highest BCUT2D eigenvalue weighted by molar-refractivity contribution is 14.1. The van der Waals surface area contributed by atoms with Gasteiger partial charge in [-0.2, -0.15) is 0 Å². The second kappa shape index (κ2) is 6.35. The number of halogens is 2. The molecule has 0 atom stereocenters. The molecule has 0 saturated carbocycles. The van der Waals surface area contributed by atoms with Crippen LogP contribution in [0.25, 0.3) is 0 Å². The monoisotopic (exact) mass is 420 g/mol. The van der Waals surface area contributed by atoms with Crippen molar-refractivity contribution in [3.05, 3.63) is 55.7 Å². The molecule has 6 nitrogen and oxygen atoms in total. The van der Waals surface area contributed by atoms with Crippen LogP contribution < -0.4 is 0 Å². The van der Waals surface area contributed by atoms with Crippen LogP contribution in [0.2, 0.25) is 0 Å². The van der Waals surface area contributed by atoms with E-state index in [0.717, 1.165) is 23.9 Å². The Labute approximate surface area is 135 Å². The number of carboxylic acid groups (broad SMARTS) is 1. The first-order valence-electron chi connectivity index (χ1n) is 5.39. The molecule has 0 aliphatic rings. The minimum atomic E-state index is -1.21. The Balaban J connectivity index is 2.43. The Morgan fingerprint density at radius 1 is 1.43 bits per heavy atom. The van der Waals surface area contributed by atoms with Crippen molar-refractivity contribution in [2.75, 3.05) is 0 Å². The number of carboxylic acids is 1. The molecule has 9 heteroatoms. The summed E-state index contributed by atoms with van der Waals surface area (Å²) in [5.74, 6) is -1.78. The van der Waals surface area contributed by atoms with Crippen LogP contribution >= 0.6 is 34.4 Å². The van der Waals surface area contributed by atoms with Crippen LogP contribution in [0, 0.1) is 19.5 Å². The Morgan fingerprint density at radius 2 is 2.14 bits per heavy atom. The third kappa shape index (κ3) is 3.67. The van der Waals surface area contributed by atoms with Gasteiger partial charge in [0.05, 0.1) is 13.4 Å². The van der Waals surface area contributed by atoms with Crippen LogP contribution in [0.15, 0.2) is 40.3 Å². The highest BCUT2D eigenvalue weighted by Gasteiger charge is 2.19. The molecule has 0 aliphatic heterocycles. The number of aromatic carboxylic acids is 1. The summed E-state index contributed by atoms with van der Waals surface area (Å²) >= 11 is 2.58. The van der Waals surface area contributed by atoms with Gasteiger partial charge in [-0.25, -0.2) is 14.2 Å². The van der Waals surface area contributed by atoms with E-state index in [1.54, 1.807) is 22.6 Å². The number of hydrogen-bond donors (Lipinski definition) is 1. The van der Waals surface area contributed by atoms with E-state index < -0.39 is 16.7 Å². The average molecular weight is 420 g/mol. The van der Waals surface area contributed by atoms with Crippen molar-refractivity contribution >= 4 is 46.0 Å². The van der Waals surface area contributed by atoms with Gasteiger partial charge in [0.25, 0.3) is 5.69 Å². The molecular formula is C12H6FIN2O4S. The van der Waals surface area contributed by atoms with Crippen molar-refractivity contribution in [3.63, 3.8) is 0 Å². The maximum absolute atomic E-state index is 13.6. The number of nitro groups is 1. The van der Waals surface area contributed by atoms with Crippen LogP contribution in [0.3, 0.4) is 0 Å². The Morgan fingerprint density at radius 3 is 2.76 bits per heavy atom. The van der Waals surface area contributed by atoms with E-state index in [1.165, 1.54) is 18.3 Å². The lowest BCUT2D eigenvalue weighted by Gasteiger charge is -2.05. The van der Waals surface area contributed by atoms with Gasteiger partial charge in [-0.3, -0.25) is 10.1 Å². The van der Waals surface area contributed by atoms with Gasteiger partial charge < -0.3 is 5.11 Å². The van der Waals surface area contributed by atoms with Crippen molar-refractivity contribution in [2.45, 2.75) is 9.79 Å². The van der Waals surface area contributed by atoms with E-state index in [4.69, 9.17) is 5.11 Å². The average Bonchev–Trinajstić information content (AvgIpc) is 2.42. The van der Waals surface area contributed by atoms with Crippen LogP contribution in [0.1, 0.15) is 10.5 Å². The van der Waals surface area contributed by atoms with E-state index in [-0.39, 0.29) is 19.8 Å². The van der Waals surface area contributed by atoms with Crippen molar-refractivity contribution < 1.29 is 19.2 Å².